The summed E-state index contributed by atoms with van der Waals surface area (Å²) >= 11 is 0. The molecule has 0 radical (unpaired) electrons. The van der Waals surface area contributed by atoms with E-state index in [4.69, 9.17) is 9.84 Å². The summed E-state index contributed by atoms with van der Waals surface area (Å²) in [6.07, 6.45) is 0.240. The van der Waals surface area contributed by atoms with Crippen molar-refractivity contribution in [2.45, 2.75) is 13.0 Å². The van der Waals surface area contributed by atoms with Crippen molar-refractivity contribution in [1.82, 2.24) is 4.90 Å². The van der Waals surface area contributed by atoms with E-state index in [2.05, 4.69) is 4.90 Å². The molecule has 1 fully saturated rings. The molecule has 0 amide bonds. The smallest absolute Gasteiger partial charge is 0.303 e. The summed E-state index contributed by atoms with van der Waals surface area (Å²) in [4.78, 5) is 12.7. The number of methoxy groups -OCH3 is 1. The van der Waals surface area contributed by atoms with Gasteiger partial charge in [-0.05, 0) is 23.6 Å². The highest BCUT2D eigenvalue weighted by Gasteiger charge is 2.28. The summed E-state index contributed by atoms with van der Waals surface area (Å²) in [7, 11) is 1.51. The average Bonchev–Trinajstić information content (AvgIpc) is 2.26. The number of phenols is 1. The van der Waals surface area contributed by atoms with Crippen molar-refractivity contribution in [2.24, 2.45) is 5.92 Å². The molecule has 0 aliphatic carbocycles. The van der Waals surface area contributed by atoms with Crippen LogP contribution in [0.3, 0.4) is 0 Å². The highest BCUT2D eigenvalue weighted by molar-refractivity contribution is 5.67. The summed E-state index contributed by atoms with van der Waals surface area (Å²) in [5.41, 5.74) is 1.00. The Bertz CT molecular complexity index is 441. The first kappa shape index (κ1) is 12.7. The Kier molecular flexibility index (Phi) is 3.72. The van der Waals surface area contributed by atoms with E-state index in [1.807, 2.05) is 6.07 Å². The number of aromatic hydroxyl groups is 1. The fourth-order valence-electron chi connectivity index (χ4n) is 2.27. The van der Waals surface area contributed by atoms with Crippen molar-refractivity contribution < 1.29 is 19.7 Å². The zero-order valence-electron chi connectivity index (χ0n) is 10.3. The number of ether oxygens (including phenoxy) is 1. The summed E-state index contributed by atoms with van der Waals surface area (Å²) < 4.78 is 4.98. The molecule has 1 aliphatic rings. The number of carboxylic acids is 1. The average molecular weight is 251 g/mol. The Morgan fingerprint density at radius 3 is 2.78 bits per heavy atom. The van der Waals surface area contributed by atoms with E-state index in [1.165, 1.54) is 7.11 Å². The zero-order chi connectivity index (χ0) is 13.1. The molecule has 1 aromatic carbocycles. The van der Waals surface area contributed by atoms with Crippen LogP contribution < -0.4 is 4.74 Å². The number of hydrogen-bond donors (Lipinski definition) is 2. The molecule has 98 valence electrons. The normalized spacial score (nSPS) is 16.3. The summed E-state index contributed by atoms with van der Waals surface area (Å²) in [6.45, 7) is 2.34. The predicted molar refractivity (Wildman–Crippen MR) is 65.7 cm³/mol. The minimum atomic E-state index is -0.734. The van der Waals surface area contributed by atoms with Crippen molar-refractivity contribution in [3.05, 3.63) is 23.8 Å². The molecule has 0 aromatic heterocycles. The van der Waals surface area contributed by atoms with Gasteiger partial charge in [-0.2, -0.15) is 0 Å². The Hall–Kier alpha value is -1.75. The van der Waals surface area contributed by atoms with Gasteiger partial charge in [-0.1, -0.05) is 6.07 Å². The second kappa shape index (κ2) is 5.27. The Morgan fingerprint density at radius 2 is 2.22 bits per heavy atom. The van der Waals surface area contributed by atoms with Crippen molar-refractivity contribution >= 4 is 5.97 Å². The molecule has 2 N–H and O–H groups in total. The molecular formula is C13H17NO4. The second-order valence-electron chi connectivity index (χ2n) is 4.66. The van der Waals surface area contributed by atoms with Gasteiger partial charge in [0.1, 0.15) is 0 Å². The van der Waals surface area contributed by atoms with Crippen LogP contribution in [0.15, 0.2) is 18.2 Å². The van der Waals surface area contributed by atoms with E-state index < -0.39 is 5.97 Å². The topological polar surface area (TPSA) is 70.0 Å². The van der Waals surface area contributed by atoms with Gasteiger partial charge in [-0.15, -0.1) is 0 Å². The minimum absolute atomic E-state index is 0.137. The van der Waals surface area contributed by atoms with Gasteiger partial charge in [0.2, 0.25) is 0 Å². The predicted octanol–water partition coefficient (Wildman–Crippen LogP) is 1.31. The van der Waals surface area contributed by atoms with E-state index in [-0.39, 0.29) is 18.1 Å². The molecule has 0 bridgehead atoms. The molecule has 5 heteroatoms. The first-order valence-electron chi connectivity index (χ1n) is 5.88. The summed E-state index contributed by atoms with van der Waals surface area (Å²) in [5, 5.41) is 18.3. The van der Waals surface area contributed by atoms with Gasteiger partial charge < -0.3 is 14.9 Å². The van der Waals surface area contributed by atoms with Gasteiger partial charge in [0, 0.05) is 19.6 Å². The second-order valence-corrected chi connectivity index (χ2v) is 4.66. The van der Waals surface area contributed by atoms with Crippen molar-refractivity contribution in [2.75, 3.05) is 20.2 Å². The van der Waals surface area contributed by atoms with Crippen LogP contribution in [0, 0.1) is 5.92 Å². The van der Waals surface area contributed by atoms with Gasteiger partial charge in [0.25, 0.3) is 0 Å². The summed E-state index contributed by atoms with van der Waals surface area (Å²) in [6, 6.07) is 5.33. The molecular weight excluding hydrogens is 234 g/mol. The SMILES string of the molecule is COc1ccc(CN2CC(CC(=O)O)C2)cc1O. The number of benzene rings is 1. The maximum absolute atomic E-state index is 10.5. The van der Waals surface area contributed by atoms with Gasteiger partial charge in [0.05, 0.1) is 13.5 Å². The molecule has 1 saturated heterocycles. The van der Waals surface area contributed by atoms with Crippen molar-refractivity contribution in [3.8, 4) is 11.5 Å². The van der Waals surface area contributed by atoms with Crippen LogP contribution in [0.5, 0.6) is 11.5 Å². The lowest BCUT2D eigenvalue weighted by Gasteiger charge is -2.38. The lowest BCUT2D eigenvalue weighted by atomic mass is 9.96. The van der Waals surface area contributed by atoms with Gasteiger partial charge in [-0.3, -0.25) is 9.69 Å². The zero-order valence-corrected chi connectivity index (χ0v) is 10.3. The van der Waals surface area contributed by atoms with Crippen LogP contribution in [-0.4, -0.2) is 41.3 Å². The molecule has 1 heterocycles. The number of aliphatic carboxylic acids is 1. The van der Waals surface area contributed by atoms with Crippen LogP contribution in [0.2, 0.25) is 0 Å². The highest BCUT2D eigenvalue weighted by Crippen LogP contribution is 2.28. The Morgan fingerprint density at radius 1 is 1.50 bits per heavy atom. The van der Waals surface area contributed by atoms with Crippen molar-refractivity contribution in [3.63, 3.8) is 0 Å². The third-order valence-corrected chi connectivity index (χ3v) is 3.15. The number of likely N-dealkylation sites (tertiary alicyclic amines) is 1. The number of phenolic OH excluding ortho intramolecular Hbond substituents is 1. The maximum Gasteiger partial charge on any atom is 0.303 e. The van der Waals surface area contributed by atoms with Gasteiger partial charge >= 0.3 is 5.97 Å². The maximum atomic E-state index is 10.5. The first-order chi connectivity index (χ1) is 8.58. The molecule has 0 unspecified atom stereocenters. The quantitative estimate of drug-likeness (QED) is 0.825. The minimum Gasteiger partial charge on any atom is -0.504 e. The number of carboxylic acid groups (broad SMARTS) is 1. The van der Waals surface area contributed by atoms with Gasteiger partial charge in [-0.25, -0.2) is 0 Å². The fourth-order valence-corrected chi connectivity index (χ4v) is 2.27. The third kappa shape index (κ3) is 2.92. The van der Waals surface area contributed by atoms with Crippen molar-refractivity contribution in [1.29, 1.82) is 0 Å². The number of nitrogens with zero attached hydrogens (tertiary/aromatic N) is 1. The van der Waals surface area contributed by atoms with E-state index >= 15 is 0 Å². The third-order valence-electron chi connectivity index (χ3n) is 3.15. The summed E-state index contributed by atoms with van der Waals surface area (Å²) in [5.74, 6) is 0.125. The number of rotatable bonds is 5. The highest BCUT2D eigenvalue weighted by atomic mass is 16.5. The van der Waals surface area contributed by atoms with E-state index in [1.54, 1.807) is 12.1 Å². The first-order valence-corrected chi connectivity index (χ1v) is 5.88. The number of carbonyl (C=O) groups is 1. The molecule has 2 rings (SSSR count). The molecule has 0 atom stereocenters. The lowest BCUT2D eigenvalue weighted by Crippen LogP contribution is -2.46. The van der Waals surface area contributed by atoms with Crippen LogP contribution in [0.1, 0.15) is 12.0 Å². The van der Waals surface area contributed by atoms with E-state index in [9.17, 15) is 9.90 Å². The Labute approximate surface area is 106 Å². The molecule has 1 aromatic rings. The standard InChI is InChI=1S/C13H17NO4/c1-18-12-3-2-9(4-11(12)15)6-14-7-10(8-14)5-13(16)17/h2-4,10,15H,5-8H2,1H3,(H,16,17). The van der Waals surface area contributed by atoms with Crippen LogP contribution in [0.4, 0.5) is 0 Å². The number of hydrogen-bond acceptors (Lipinski definition) is 4. The molecule has 0 saturated carbocycles. The van der Waals surface area contributed by atoms with Gasteiger partial charge in [0.15, 0.2) is 11.5 Å². The lowest BCUT2D eigenvalue weighted by molar-refractivity contribution is -0.139. The molecule has 18 heavy (non-hydrogen) atoms. The van der Waals surface area contributed by atoms with E-state index in [0.717, 1.165) is 25.2 Å². The molecule has 1 aliphatic heterocycles. The van der Waals surface area contributed by atoms with Crippen LogP contribution >= 0.6 is 0 Å². The fraction of sp³-hybridized carbons (Fsp3) is 0.462. The molecule has 5 nitrogen and oxygen atoms in total. The molecule has 0 spiro atoms. The Balaban J connectivity index is 1.85. The van der Waals surface area contributed by atoms with Crippen LogP contribution in [0.25, 0.3) is 0 Å². The largest absolute Gasteiger partial charge is 0.504 e. The van der Waals surface area contributed by atoms with E-state index in [0.29, 0.717) is 5.75 Å². The monoisotopic (exact) mass is 251 g/mol. The van der Waals surface area contributed by atoms with Crippen LogP contribution in [-0.2, 0) is 11.3 Å².